The molecule has 19 heavy (non-hydrogen) atoms. The maximum absolute atomic E-state index is 11.9. The van der Waals surface area contributed by atoms with Crippen LogP contribution < -0.4 is 0 Å². The second kappa shape index (κ2) is 8.15. The Hall–Kier alpha value is -1.10. The molecule has 1 aliphatic rings. The van der Waals surface area contributed by atoms with Gasteiger partial charge in [-0.2, -0.15) is 0 Å². The van der Waals surface area contributed by atoms with Gasteiger partial charge in [-0.05, 0) is 32.6 Å². The van der Waals surface area contributed by atoms with Crippen LogP contribution in [0.2, 0.25) is 0 Å². The molecule has 0 bridgehead atoms. The lowest BCUT2D eigenvalue weighted by Crippen LogP contribution is -2.42. The van der Waals surface area contributed by atoms with Gasteiger partial charge in [0, 0.05) is 0 Å². The number of hydrogen-bond donors (Lipinski definition) is 1. The average molecular weight is 272 g/mol. The first-order chi connectivity index (χ1) is 9.11. The number of aliphatic hydroxyl groups excluding tert-OH is 1. The van der Waals surface area contributed by atoms with Crippen molar-refractivity contribution in [2.45, 2.75) is 52.1 Å². The van der Waals surface area contributed by atoms with Gasteiger partial charge in [-0.3, -0.25) is 9.59 Å². The normalized spacial score (nSPS) is 18.1. The summed E-state index contributed by atoms with van der Waals surface area (Å²) in [4.78, 5) is 23.7. The van der Waals surface area contributed by atoms with Gasteiger partial charge in [0.05, 0.1) is 19.3 Å². The fraction of sp³-hybridized carbons (Fsp3) is 0.857. The van der Waals surface area contributed by atoms with Gasteiger partial charge in [0.2, 0.25) is 0 Å². The van der Waals surface area contributed by atoms with Crippen LogP contribution in [0, 0.1) is 11.8 Å². The summed E-state index contributed by atoms with van der Waals surface area (Å²) < 4.78 is 9.77. The second-order valence-electron chi connectivity index (χ2n) is 4.87. The number of esters is 2. The van der Waals surface area contributed by atoms with Crippen LogP contribution in [-0.4, -0.2) is 36.4 Å². The molecule has 1 saturated carbocycles. The SMILES string of the molecule is CCOC(=O)C(C(=O)OCC)C(O)C1CCCCC1. The fourth-order valence-electron chi connectivity index (χ4n) is 2.59. The van der Waals surface area contributed by atoms with Crippen molar-refractivity contribution in [2.75, 3.05) is 13.2 Å². The first kappa shape index (κ1) is 16.0. The van der Waals surface area contributed by atoms with Crippen molar-refractivity contribution in [3.8, 4) is 0 Å². The summed E-state index contributed by atoms with van der Waals surface area (Å²) in [5.41, 5.74) is 0. The Labute approximate surface area is 114 Å². The van der Waals surface area contributed by atoms with E-state index in [1.807, 2.05) is 0 Å². The van der Waals surface area contributed by atoms with Crippen LogP contribution >= 0.6 is 0 Å². The van der Waals surface area contributed by atoms with Crippen molar-refractivity contribution in [1.82, 2.24) is 0 Å². The number of rotatable bonds is 6. The first-order valence-electron chi connectivity index (χ1n) is 7.13. The van der Waals surface area contributed by atoms with Gasteiger partial charge in [-0.1, -0.05) is 19.3 Å². The number of carbonyl (C=O) groups excluding carboxylic acids is 2. The minimum atomic E-state index is -1.21. The topological polar surface area (TPSA) is 72.8 Å². The summed E-state index contributed by atoms with van der Waals surface area (Å²) in [7, 11) is 0. The van der Waals surface area contributed by atoms with Crippen molar-refractivity contribution < 1.29 is 24.2 Å². The Morgan fingerprint density at radius 3 is 1.95 bits per heavy atom. The minimum Gasteiger partial charge on any atom is -0.465 e. The highest BCUT2D eigenvalue weighted by Crippen LogP contribution is 2.30. The molecule has 0 aromatic carbocycles. The van der Waals surface area contributed by atoms with Crippen LogP contribution in [0.5, 0.6) is 0 Å². The molecule has 0 amide bonds. The van der Waals surface area contributed by atoms with E-state index in [1.165, 1.54) is 0 Å². The molecule has 1 unspecified atom stereocenters. The second-order valence-corrected chi connectivity index (χ2v) is 4.87. The lowest BCUT2D eigenvalue weighted by molar-refractivity contribution is -0.169. The molecule has 0 spiro atoms. The van der Waals surface area contributed by atoms with E-state index in [0.29, 0.717) is 0 Å². The van der Waals surface area contributed by atoms with Crippen LogP contribution in [0.15, 0.2) is 0 Å². The quantitative estimate of drug-likeness (QED) is 0.588. The molecule has 110 valence electrons. The van der Waals surface area contributed by atoms with Gasteiger partial charge < -0.3 is 14.6 Å². The average Bonchev–Trinajstić information content (AvgIpc) is 2.40. The molecule has 0 aromatic rings. The predicted octanol–water partition coefficient (Wildman–Crippen LogP) is 1.67. The molecule has 0 heterocycles. The maximum Gasteiger partial charge on any atom is 0.323 e. The Morgan fingerprint density at radius 2 is 1.53 bits per heavy atom. The maximum atomic E-state index is 11.9. The van der Waals surface area contributed by atoms with Crippen molar-refractivity contribution in [2.24, 2.45) is 11.8 Å². The van der Waals surface area contributed by atoms with E-state index in [2.05, 4.69) is 0 Å². The Kier molecular flexibility index (Phi) is 6.84. The fourth-order valence-corrected chi connectivity index (χ4v) is 2.59. The largest absolute Gasteiger partial charge is 0.465 e. The van der Waals surface area contributed by atoms with Crippen LogP contribution in [0.1, 0.15) is 46.0 Å². The third-order valence-corrected chi connectivity index (χ3v) is 3.56. The molecule has 5 nitrogen and oxygen atoms in total. The van der Waals surface area contributed by atoms with E-state index < -0.39 is 24.0 Å². The Balaban J connectivity index is 2.75. The van der Waals surface area contributed by atoms with Crippen LogP contribution in [0.4, 0.5) is 0 Å². The molecule has 0 aliphatic heterocycles. The zero-order valence-corrected chi connectivity index (χ0v) is 11.8. The van der Waals surface area contributed by atoms with E-state index in [4.69, 9.17) is 9.47 Å². The highest BCUT2D eigenvalue weighted by molar-refractivity contribution is 5.95. The number of aliphatic hydroxyl groups is 1. The Morgan fingerprint density at radius 1 is 1.05 bits per heavy atom. The molecular weight excluding hydrogens is 248 g/mol. The van der Waals surface area contributed by atoms with Crippen molar-refractivity contribution in [1.29, 1.82) is 0 Å². The van der Waals surface area contributed by atoms with Gasteiger partial charge >= 0.3 is 11.9 Å². The van der Waals surface area contributed by atoms with Crippen molar-refractivity contribution >= 4 is 11.9 Å². The van der Waals surface area contributed by atoms with Gasteiger partial charge in [-0.25, -0.2) is 0 Å². The minimum absolute atomic E-state index is 0.0208. The number of ether oxygens (including phenoxy) is 2. The zero-order chi connectivity index (χ0) is 14.3. The third-order valence-electron chi connectivity index (χ3n) is 3.56. The van der Waals surface area contributed by atoms with E-state index >= 15 is 0 Å². The van der Waals surface area contributed by atoms with Gasteiger partial charge in [0.15, 0.2) is 5.92 Å². The summed E-state index contributed by atoms with van der Waals surface area (Å²) in [6.45, 7) is 3.72. The van der Waals surface area contributed by atoms with E-state index in [1.54, 1.807) is 13.8 Å². The van der Waals surface area contributed by atoms with E-state index in [-0.39, 0.29) is 19.1 Å². The monoisotopic (exact) mass is 272 g/mol. The molecule has 0 radical (unpaired) electrons. The van der Waals surface area contributed by atoms with Crippen LogP contribution in [0.3, 0.4) is 0 Å². The summed E-state index contributed by atoms with van der Waals surface area (Å²) >= 11 is 0. The van der Waals surface area contributed by atoms with Gasteiger partial charge in [-0.15, -0.1) is 0 Å². The smallest absolute Gasteiger partial charge is 0.323 e. The molecule has 1 aliphatic carbocycles. The van der Waals surface area contributed by atoms with Crippen molar-refractivity contribution in [3.63, 3.8) is 0 Å². The first-order valence-corrected chi connectivity index (χ1v) is 7.13. The molecule has 0 aromatic heterocycles. The Bertz CT molecular complexity index is 278. The molecule has 1 fully saturated rings. The standard InChI is InChI=1S/C14H24O5/c1-3-18-13(16)11(14(17)19-4-2)12(15)10-8-6-5-7-9-10/h10-12,15H,3-9H2,1-2H3. The number of hydrogen-bond acceptors (Lipinski definition) is 5. The number of carbonyl (C=O) groups is 2. The molecule has 0 saturated heterocycles. The third kappa shape index (κ3) is 4.49. The summed E-state index contributed by atoms with van der Waals surface area (Å²) in [6.07, 6.45) is 3.89. The lowest BCUT2D eigenvalue weighted by Gasteiger charge is -2.30. The molecule has 1 N–H and O–H groups in total. The zero-order valence-electron chi connectivity index (χ0n) is 11.8. The molecule has 1 rings (SSSR count). The molecular formula is C14H24O5. The summed E-state index contributed by atoms with van der Waals surface area (Å²) in [5.74, 6) is -2.59. The van der Waals surface area contributed by atoms with Crippen LogP contribution in [0.25, 0.3) is 0 Å². The van der Waals surface area contributed by atoms with E-state index in [0.717, 1.165) is 32.1 Å². The predicted molar refractivity (Wildman–Crippen MR) is 69.3 cm³/mol. The summed E-state index contributed by atoms with van der Waals surface area (Å²) in [6, 6.07) is 0. The summed E-state index contributed by atoms with van der Waals surface area (Å²) in [5, 5.41) is 10.3. The highest BCUT2D eigenvalue weighted by atomic mass is 16.6. The van der Waals surface area contributed by atoms with Crippen molar-refractivity contribution in [3.05, 3.63) is 0 Å². The van der Waals surface area contributed by atoms with Crippen LogP contribution in [-0.2, 0) is 19.1 Å². The lowest BCUT2D eigenvalue weighted by atomic mass is 9.80. The van der Waals surface area contributed by atoms with Gasteiger partial charge in [0.25, 0.3) is 0 Å². The molecule has 5 heteroatoms. The molecule has 1 atom stereocenters. The van der Waals surface area contributed by atoms with Gasteiger partial charge in [0.1, 0.15) is 0 Å². The van der Waals surface area contributed by atoms with E-state index in [9.17, 15) is 14.7 Å². The highest BCUT2D eigenvalue weighted by Gasteiger charge is 2.40.